The highest BCUT2D eigenvalue weighted by molar-refractivity contribution is 5.52. The molecule has 0 atom stereocenters. The molecule has 0 saturated carbocycles. The van der Waals surface area contributed by atoms with E-state index in [4.69, 9.17) is 0 Å². The lowest BCUT2D eigenvalue weighted by Gasteiger charge is -2.28. The Bertz CT molecular complexity index is 466. The van der Waals surface area contributed by atoms with Gasteiger partial charge in [-0.15, -0.1) is 10.2 Å². The number of aromatic nitrogens is 5. The van der Waals surface area contributed by atoms with Gasteiger partial charge < -0.3 is 9.88 Å². The first-order chi connectivity index (χ1) is 7.34. The molecular formula is C9H12N6. The Hall–Kier alpha value is -1.69. The van der Waals surface area contributed by atoms with Crippen molar-refractivity contribution in [3.05, 3.63) is 18.7 Å². The zero-order valence-electron chi connectivity index (χ0n) is 8.46. The van der Waals surface area contributed by atoms with Gasteiger partial charge in [0, 0.05) is 26.3 Å². The van der Waals surface area contributed by atoms with Crippen LogP contribution in [0.5, 0.6) is 0 Å². The molecule has 0 amide bonds. The molecular weight excluding hydrogens is 192 g/mol. The van der Waals surface area contributed by atoms with Crippen molar-refractivity contribution in [2.45, 2.75) is 6.04 Å². The van der Waals surface area contributed by atoms with Crippen LogP contribution in [0.25, 0.3) is 11.4 Å². The normalized spacial score (nSPS) is 16.6. The third-order valence-corrected chi connectivity index (χ3v) is 2.69. The Morgan fingerprint density at radius 2 is 2.33 bits per heavy atom. The van der Waals surface area contributed by atoms with Crippen molar-refractivity contribution in [2.24, 2.45) is 7.05 Å². The van der Waals surface area contributed by atoms with Gasteiger partial charge in [0.15, 0.2) is 5.82 Å². The molecule has 15 heavy (non-hydrogen) atoms. The molecule has 0 aliphatic carbocycles. The van der Waals surface area contributed by atoms with Gasteiger partial charge in [-0.05, 0) is 0 Å². The molecule has 6 nitrogen and oxygen atoms in total. The monoisotopic (exact) mass is 204 g/mol. The molecule has 0 unspecified atom stereocenters. The van der Waals surface area contributed by atoms with Crippen molar-refractivity contribution in [3.8, 4) is 11.4 Å². The Morgan fingerprint density at radius 3 is 2.93 bits per heavy atom. The average Bonchev–Trinajstić information content (AvgIpc) is 2.70. The number of hydrogen-bond donors (Lipinski definition) is 1. The van der Waals surface area contributed by atoms with Gasteiger partial charge in [0.25, 0.3) is 0 Å². The predicted molar refractivity (Wildman–Crippen MR) is 54.1 cm³/mol. The first kappa shape index (κ1) is 8.60. The summed E-state index contributed by atoms with van der Waals surface area (Å²) in [6.45, 7) is 1.98. The summed E-state index contributed by atoms with van der Waals surface area (Å²) in [6.07, 6.45) is 5.55. The maximum Gasteiger partial charge on any atom is 0.167 e. The van der Waals surface area contributed by atoms with Gasteiger partial charge in [0.05, 0.1) is 17.8 Å². The van der Waals surface area contributed by atoms with Crippen molar-refractivity contribution < 1.29 is 0 Å². The fraction of sp³-hybridized carbons (Fsp3) is 0.444. The number of hydrogen-bond acceptors (Lipinski definition) is 4. The summed E-state index contributed by atoms with van der Waals surface area (Å²) in [5, 5.41) is 15.5. The van der Waals surface area contributed by atoms with Crippen LogP contribution in [0.2, 0.25) is 0 Å². The van der Waals surface area contributed by atoms with Gasteiger partial charge in [0.1, 0.15) is 6.33 Å². The van der Waals surface area contributed by atoms with Gasteiger partial charge in [-0.1, -0.05) is 0 Å². The highest BCUT2D eigenvalue weighted by Crippen LogP contribution is 2.21. The first-order valence-electron chi connectivity index (χ1n) is 4.94. The number of aryl methyl sites for hydroxylation is 1. The van der Waals surface area contributed by atoms with Crippen LogP contribution in [0.4, 0.5) is 0 Å². The minimum absolute atomic E-state index is 0.482. The van der Waals surface area contributed by atoms with Crippen LogP contribution in [-0.2, 0) is 7.05 Å². The minimum Gasteiger partial charge on any atom is -0.313 e. The molecule has 1 saturated heterocycles. The highest BCUT2D eigenvalue weighted by atomic mass is 15.3. The summed E-state index contributed by atoms with van der Waals surface area (Å²) < 4.78 is 3.88. The van der Waals surface area contributed by atoms with E-state index in [0.717, 1.165) is 24.5 Å². The molecule has 2 aromatic heterocycles. The van der Waals surface area contributed by atoms with E-state index in [1.165, 1.54) is 0 Å². The number of nitrogens with one attached hydrogen (secondary N) is 1. The lowest BCUT2D eigenvalue weighted by atomic mass is 10.1. The van der Waals surface area contributed by atoms with Crippen molar-refractivity contribution in [1.29, 1.82) is 0 Å². The SMILES string of the molecule is Cn1cc(-c2nncn2C2CNC2)cn1. The summed E-state index contributed by atoms with van der Waals surface area (Å²) in [6, 6.07) is 0.482. The second-order valence-corrected chi connectivity index (χ2v) is 3.78. The molecule has 0 aromatic carbocycles. The molecule has 3 rings (SSSR count). The third kappa shape index (κ3) is 1.33. The fourth-order valence-electron chi connectivity index (χ4n) is 1.72. The van der Waals surface area contributed by atoms with Crippen molar-refractivity contribution >= 4 is 0 Å². The van der Waals surface area contributed by atoms with E-state index in [1.54, 1.807) is 11.0 Å². The van der Waals surface area contributed by atoms with Crippen LogP contribution >= 0.6 is 0 Å². The summed E-state index contributed by atoms with van der Waals surface area (Å²) in [4.78, 5) is 0. The van der Waals surface area contributed by atoms with Crippen LogP contribution in [-0.4, -0.2) is 37.6 Å². The van der Waals surface area contributed by atoms with E-state index in [9.17, 15) is 0 Å². The minimum atomic E-state index is 0.482. The van der Waals surface area contributed by atoms with Crippen molar-refractivity contribution in [3.63, 3.8) is 0 Å². The topological polar surface area (TPSA) is 60.6 Å². The van der Waals surface area contributed by atoms with Crippen LogP contribution in [0, 0.1) is 0 Å². The lowest BCUT2D eigenvalue weighted by molar-refractivity contribution is 0.345. The Balaban J connectivity index is 2.00. The molecule has 0 spiro atoms. The highest BCUT2D eigenvalue weighted by Gasteiger charge is 2.22. The maximum atomic E-state index is 4.14. The zero-order chi connectivity index (χ0) is 10.3. The second-order valence-electron chi connectivity index (χ2n) is 3.78. The van der Waals surface area contributed by atoms with Crippen molar-refractivity contribution in [1.82, 2.24) is 29.9 Å². The van der Waals surface area contributed by atoms with E-state index in [-0.39, 0.29) is 0 Å². The molecule has 6 heteroatoms. The third-order valence-electron chi connectivity index (χ3n) is 2.69. The lowest BCUT2D eigenvalue weighted by Crippen LogP contribution is -2.43. The summed E-state index contributed by atoms with van der Waals surface area (Å²) >= 11 is 0. The standard InChI is InChI=1S/C9H12N6/c1-14-5-7(2-12-14)9-13-11-6-15(9)8-3-10-4-8/h2,5-6,8,10H,3-4H2,1H3. The zero-order valence-corrected chi connectivity index (χ0v) is 8.46. The smallest absolute Gasteiger partial charge is 0.167 e. The van der Waals surface area contributed by atoms with E-state index in [1.807, 2.05) is 19.4 Å². The number of rotatable bonds is 2. The van der Waals surface area contributed by atoms with Gasteiger partial charge in [-0.25, -0.2) is 0 Å². The Morgan fingerprint density at radius 1 is 1.47 bits per heavy atom. The molecule has 1 aliphatic heterocycles. The molecule has 0 radical (unpaired) electrons. The van der Waals surface area contributed by atoms with Gasteiger partial charge in [-0.2, -0.15) is 5.10 Å². The molecule has 1 aliphatic rings. The van der Waals surface area contributed by atoms with Gasteiger partial charge >= 0.3 is 0 Å². The predicted octanol–water partition coefficient (Wildman–Crippen LogP) is -0.177. The summed E-state index contributed by atoms with van der Waals surface area (Å²) in [7, 11) is 1.90. The van der Waals surface area contributed by atoms with E-state index < -0.39 is 0 Å². The molecule has 3 heterocycles. The van der Waals surface area contributed by atoms with E-state index in [0.29, 0.717) is 6.04 Å². The van der Waals surface area contributed by atoms with E-state index in [2.05, 4.69) is 25.2 Å². The molecule has 2 aromatic rings. The number of nitrogens with zero attached hydrogens (tertiary/aromatic N) is 5. The molecule has 78 valence electrons. The Kier molecular flexibility index (Phi) is 1.81. The van der Waals surface area contributed by atoms with Crippen LogP contribution < -0.4 is 5.32 Å². The quantitative estimate of drug-likeness (QED) is 0.737. The van der Waals surface area contributed by atoms with Gasteiger partial charge in [0.2, 0.25) is 0 Å². The Labute approximate surface area is 86.9 Å². The van der Waals surface area contributed by atoms with E-state index >= 15 is 0 Å². The largest absolute Gasteiger partial charge is 0.313 e. The van der Waals surface area contributed by atoms with Crippen molar-refractivity contribution in [2.75, 3.05) is 13.1 Å². The van der Waals surface area contributed by atoms with Crippen LogP contribution in [0.3, 0.4) is 0 Å². The maximum absolute atomic E-state index is 4.14. The molecule has 1 fully saturated rings. The second kappa shape index (κ2) is 3.16. The van der Waals surface area contributed by atoms with Crippen LogP contribution in [0.15, 0.2) is 18.7 Å². The molecule has 1 N–H and O–H groups in total. The fourth-order valence-corrected chi connectivity index (χ4v) is 1.72. The first-order valence-corrected chi connectivity index (χ1v) is 4.94. The summed E-state index contributed by atoms with van der Waals surface area (Å²) in [5.74, 6) is 0.898. The average molecular weight is 204 g/mol. The molecule has 0 bridgehead atoms. The van der Waals surface area contributed by atoms with Crippen LogP contribution in [0.1, 0.15) is 6.04 Å². The van der Waals surface area contributed by atoms with Gasteiger partial charge in [-0.3, -0.25) is 4.68 Å². The summed E-state index contributed by atoms with van der Waals surface area (Å²) in [5.41, 5.74) is 1.02.